The van der Waals surface area contributed by atoms with E-state index in [1.165, 1.54) is 12.1 Å². The highest BCUT2D eigenvalue weighted by molar-refractivity contribution is 6.30. The first-order valence-corrected chi connectivity index (χ1v) is 6.06. The second-order valence-corrected chi connectivity index (χ2v) is 4.36. The van der Waals surface area contributed by atoms with Crippen LogP contribution in [0.25, 0.3) is 0 Å². The highest BCUT2D eigenvalue weighted by atomic mass is 35.5. The summed E-state index contributed by atoms with van der Waals surface area (Å²) in [7, 11) is 0. The fourth-order valence-electron chi connectivity index (χ4n) is 1.52. The van der Waals surface area contributed by atoms with Gasteiger partial charge in [-0.05, 0) is 42.5 Å². The molecule has 0 bridgehead atoms. The van der Waals surface area contributed by atoms with Crippen LogP contribution in [-0.2, 0) is 4.79 Å². The van der Waals surface area contributed by atoms with E-state index in [0.717, 1.165) is 0 Å². The third-order valence-corrected chi connectivity index (χ3v) is 2.64. The fraction of sp³-hybridized carbons (Fsp3) is 0.0714. The molecule has 2 N–H and O–H groups in total. The predicted octanol–water partition coefficient (Wildman–Crippen LogP) is 3.53. The third-order valence-electron chi connectivity index (χ3n) is 2.41. The summed E-state index contributed by atoms with van der Waals surface area (Å²) >= 11 is 5.81. The molecule has 0 fully saturated rings. The average Bonchev–Trinajstić information content (AvgIpc) is 2.38. The SMILES string of the molecule is O=C(CNc1ccc(F)cc1)Nc1cccc(Cl)c1. The lowest BCUT2D eigenvalue weighted by Crippen LogP contribution is -2.21. The maximum absolute atomic E-state index is 12.7. The van der Waals surface area contributed by atoms with Crippen molar-refractivity contribution < 1.29 is 9.18 Å². The third kappa shape index (κ3) is 4.26. The quantitative estimate of drug-likeness (QED) is 0.898. The lowest BCUT2D eigenvalue weighted by molar-refractivity contribution is -0.114. The minimum absolute atomic E-state index is 0.0954. The molecule has 5 heteroatoms. The number of hydrogen-bond donors (Lipinski definition) is 2. The molecule has 0 radical (unpaired) electrons. The first-order valence-electron chi connectivity index (χ1n) is 5.68. The van der Waals surface area contributed by atoms with Crippen LogP contribution in [0.4, 0.5) is 15.8 Å². The van der Waals surface area contributed by atoms with E-state index in [1.54, 1.807) is 36.4 Å². The van der Waals surface area contributed by atoms with Gasteiger partial charge in [0.15, 0.2) is 0 Å². The molecule has 1 amide bonds. The number of benzene rings is 2. The van der Waals surface area contributed by atoms with E-state index < -0.39 is 0 Å². The number of carbonyl (C=O) groups is 1. The molecule has 0 saturated carbocycles. The van der Waals surface area contributed by atoms with Gasteiger partial charge in [0, 0.05) is 16.4 Å². The van der Waals surface area contributed by atoms with E-state index in [-0.39, 0.29) is 18.3 Å². The standard InChI is InChI=1S/C14H12ClFN2O/c15-10-2-1-3-13(8-10)18-14(19)9-17-12-6-4-11(16)5-7-12/h1-8,17H,9H2,(H,18,19). The summed E-state index contributed by atoms with van der Waals surface area (Å²) in [5, 5.41) is 6.16. The molecule has 2 rings (SSSR count). The highest BCUT2D eigenvalue weighted by Crippen LogP contribution is 2.14. The van der Waals surface area contributed by atoms with Crippen LogP contribution in [0.3, 0.4) is 0 Å². The van der Waals surface area contributed by atoms with Crippen molar-refractivity contribution in [1.29, 1.82) is 0 Å². The summed E-state index contributed by atoms with van der Waals surface area (Å²) < 4.78 is 12.7. The molecule has 0 atom stereocenters. The number of nitrogens with one attached hydrogen (secondary N) is 2. The molecule has 0 aliphatic rings. The Morgan fingerprint density at radius 2 is 1.84 bits per heavy atom. The average molecular weight is 279 g/mol. The Balaban J connectivity index is 1.86. The lowest BCUT2D eigenvalue weighted by atomic mass is 10.3. The van der Waals surface area contributed by atoms with E-state index in [4.69, 9.17) is 11.6 Å². The second-order valence-electron chi connectivity index (χ2n) is 3.92. The van der Waals surface area contributed by atoms with Gasteiger partial charge in [-0.25, -0.2) is 4.39 Å². The first kappa shape index (κ1) is 13.4. The van der Waals surface area contributed by atoms with Crippen LogP contribution in [0.1, 0.15) is 0 Å². The van der Waals surface area contributed by atoms with Crippen molar-refractivity contribution in [2.45, 2.75) is 0 Å². The zero-order chi connectivity index (χ0) is 13.7. The summed E-state index contributed by atoms with van der Waals surface area (Å²) in [5.41, 5.74) is 1.32. The van der Waals surface area contributed by atoms with Gasteiger partial charge in [0.25, 0.3) is 0 Å². The molecule has 98 valence electrons. The van der Waals surface area contributed by atoms with E-state index in [0.29, 0.717) is 16.4 Å². The van der Waals surface area contributed by atoms with Crippen molar-refractivity contribution >= 4 is 28.9 Å². The molecule has 3 nitrogen and oxygen atoms in total. The molecule has 0 spiro atoms. The Bertz CT molecular complexity index is 572. The topological polar surface area (TPSA) is 41.1 Å². The smallest absolute Gasteiger partial charge is 0.243 e. The summed E-state index contributed by atoms with van der Waals surface area (Å²) in [4.78, 5) is 11.7. The van der Waals surface area contributed by atoms with Gasteiger partial charge in [-0.15, -0.1) is 0 Å². The van der Waals surface area contributed by atoms with Gasteiger partial charge in [0.05, 0.1) is 6.54 Å². The number of carbonyl (C=O) groups excluding carboxylic acids is 1. The van der Waals surface area contributed by atoms with Crippen LogP contribution < -0.4 is 10.6 Å². The molecule has 2 aromatic carbocycles. The van der Waals surface area contributed by atoms with Crippen molar-refractivity contribution in [1.82, 2.24) is 0 Å². The van der Waals surface area contributed by atoms with E-state index in [9.17, 15) is 9.18 Å². The molecule has 0 aliphatic carbocycles. The maximum atomic E-state index is 12.7. The summed E-state index contributed by atoms with van der Waals surface area (Å²) in [6.45, 7) is 0.0954. The summed E-state index contributed by atoms with van der Waals surface area (Å²) in [6.07, 6.45) is 0. The molecule has 0 saturated heterocycles. The zero-order valence-corrected chi connectivity index (χ0v) is 10.7. The molecule has 0 heterocycles. The normalized spacial score (nSPS) is 10.0. The van der Waals surface area contributed by atoms with E-state index >= 15 is 0 Å². The largest absolute Gasteiger partial charge is 0.376 e. The first-order chi connectivity index (χ1) is 9.13. The van der Waals surface area contributed by atoms with Crippen molar-refractivity contribution in [3.63, 3.8) is 0 Å². The highest BCUT2D eigenvalue weighted by Gasteiger charge is 2.02. The van der Waals surface area contributed by atoms with Crippen LogP contribution in [0, 0.1) is 5.82 Å². The molecule has 0 unspecified atom stereocenters. The van der Waals surface area contributed by atoms with Gasteiger partial charge in [-0.3, -0.25) is 4.79 Å². The molecule has 0 aliphatic heterocycles. The van der Waals surface area contributed by atoms with Crippen LogP contribution in [0.2, 0.25) is 5.02 Å². The van der Waals surface area contributed by atoms with Crippen molar-refractivity contribution in [3.8, 4) is 0 Å². The van der Waals surface area contributed by atoms with Gasteiger partial charge >= 0.3 is 0 Å². The molecular formula is C14H12ClFN2O. The number of hydrogen-bond acceptors (Lipinski definition) is 2. The number of amides is 1. The summed E-state index contributed by atoms with van der Waals surface area (Å²) in [6, 6.07) is 12.7. The van der Waals surface area contributed by atoms with Crippen LogP contribution >= 0.6 is 11.6 Å². The Morgan fingerprint density at radius 3 is 2.53 bits per heavy atom. The fourth-order valence-corrected chi connectivity index (χ4v) is 1.71. The second kappa shape index (κ2) is 6.20. The number of rotatable bonds is 4. The monoisotopic (exact) mass is 278 g/mol. The Labute approximate surface area is 115 Å². The van der Waals surface area contributed by atoms with Gasteiger partial charge in [0.2, 0.25) is 5.91 Å². The Kier molecular flexibility index (Phi) is 4.36. The predicted molar refractivity (Wildman–Crippen MR) is 75.0 cm³/mol. The van der Waals surface area contributed by atoms with Crippen molar-refractivity contribution in [2.24, 2.45) is 0 Å². The number of anilines is 2. The molecule has 19 heavy (non-hydrogen) atoms. The van der Waals surface area contributed by atoms with Crippen molar-refractivity contribution in [3.05, 3.63) is 59.4 Å². The Morgan fingerprint density at radius 1 is 1.11 bits per heavy atom. The van der Waals surface area contributed by atoms with Gasteiger partial charge in [-0.2, -0.15) is 0 Å². The van der Waals surface area contributed by atoms with Crippen molar-refractivity contribution in [2.75, 3.05) is 17.2 Å². The Hall–Kier alpha value is -2.07. The van der Waals surface area contributed by atoms with E-state index in [2.05, 4.69) is 10.6 Å². The van der Waals surface area contributed by atoms with E-state index in [1.807, 2.05) is 0 Å². The lowest BCUT2D eigenvalue weighted by Gasteiger charge is -2.08. The maximum Gasteiger partial charge on any atom is 0.243 e. The molecular weight excluding hydrogens is 267 g/mol. The number of halogens is 2. The molecule has 0 aromatic heterocycles. The molecule has 2 aromatic rings. The minimum Gasteiger partial charge on any atom is -0.376 e. The van der Waals surface area contributed by atoms with Gasteiger partial charge < -0.3 is 10.6 Å². The zero-order valence-electron chi connectivity index (χ0n) is 9.99. The van der Waals surface area contributed by atoms with Crippen LogP contribution in [0.5, 0.6) is 0 Å². The van der Waals surface area contributed by atoms with Gasteiger partial charge in [0.1, 0.15) is 5.82 Å². The summed E-state index contributed by atoms with van der Waals surface area (Å²) in [5.74, 6) is -0.513. The minimum atomic E-state index is -0.311. The van der Waals surface area contributed by atoms with Gasteiger partial charge in [-0.1, -0.05) is 17.7 Å². The van der Waals surface area contributed by atoms with Crippen LogP contribution in [0.15, 0.2) is 48.5 Å². The van der Waals surface area contributed by atoms with Crippen LogP contribution in [-0.4, -0.2) is 12.5 Å².